The number of halogens is 5. The number of alkyl halides is 5. The maximum absolute atomic E-state index is 12.8. The van der Waals surface area contributed by atoms with Gasteiger partial charge in [0.1, 0.15) is 0 Å². The van der Waals surface area contributed by atoms with Crippen LogP contribution in [-0.2, 0) is 11.0 Å². The summed E-state index contributed by atoms with van der Waals surface area (Å²) >= 11 is 13.0. The lowest BCUT2D eigenvalue weighted by Crippen LogP contribution is -2.62. The highest BCUT2D eigenvalue weighted by atomic mass is 35.5. The van der Waals surface area contributed by atoms with E-state index < -0.39 is 16.1 Å². The van der Waals surface area contributed by atoms with Crippen LogP contribution in [0.2, 0.25) is 0 Å². The Kier molecular flexibility index (Phi) is 4.40. The van der Waals surface area contributed by atoms with Crippen molar-refractivity contribution in [3.63, 3.8) is 0 Å². The number of benzene rings is 1. The minimum atomic E-state index is -4.38. The number of carbonyl (C=O) groups is 1. The van der Waals surface area contributed by atoms with E-state index in [2.05, 4.69) is 11.5 Å². The highest BCUT2D eigenvalue weighted by Crippen LogP contribution is 2.57. The Balaban J connectivity index is 1.59. The normalized spacial score (nSPS) is 29.7. The number of rotatable bonds is 2. The Morgan fingerprint density at radius 3 is 2.41 bits per heavy atom. The molecule has 9 heteroatoms. The van der Waals surface area contributed by atoms with E-state index in [0.29, 0.717) is 31.9 Å². The SMILES string of the molecule is C=CC(=O)N1CCN2C(C1)CN(c1ccc(C(F)(F)F)cc1)C1C2C1(Cl)Cl. The second-order valence-electron chi connectivity index (χ2n) is 7.14. The number of amides is 1. The van der Waals surface area contributed by atoms with Crippen molar-refractivity contribution in [1.82, 2.24) is 9.80 Å². The largest absolute Gasteiger partial charge is 0.416 e. The molecule has 3 unspecified atom stereocenters. The first-order valence-corrected chi connectivity index (χ1v) is 9.39. The van der Waals surface area contributed by atoms with E-state index in [0.717, 1.165) is 12.1 Å². The fourth-order valence-electron chi connectivity index (χ4n) is 4.25. The predicted octanol–water partition coefficient (Wildman–Crippen LogP) is 3.15. The summed E-state index contributed by atoms with van der Waals surface area (Å²) in [6.07, 6.45) is -3.09. The van der Waals surface area contributed by atoms with E-state index in [1.807, 2.05) is 4.90 Å². The van der Waals surface area contributed by atoms with Crippen LogP contribution in [0, 0.1) is 0 Å². The molecule has 1 aromatic rings. The topological polar surface area (TPSA) is 26.8 Å². The zero-order valence-electron chi connectivity index (χ0n) is 14.3. The zero-order chi connectivity index (χ0) is 19.6. The summed E-state index contributed by atoms with van der Waals surface area (Å²) in [6, 6.07) is 4.75. The first-order chi connectivity index (χ1) is 12.6. The summed E-state index contributed by atoms with van der Waals surface area (Å²) < 4.78 is 37.5. The molecule has 1 aliphatic carbocycles. The second kappa shape index (κ2) is 6.29. The molecule has 0 spiro atoms. The Labute approximate surface area is 165 Å². The molecule has 2 saturated heterocycles. The van der Waals surface area contributed by atoms with E-state index in [9.17, 15) is 18.0 Å². The summed E-state index contributed by atoms with van der Waals surface area (Å²) in [5, 5.41) is 0. The molecule has 0 bridgehead atoms. The average Bonchev–Trinajstić information content (AvgIpc) is 3.22. The summed E-state index contributed by atoms with van der Waals surface area (Å²) in [4.78, 5) is 17.9. The van der Waals surface area contributed by atoms with E-state index in [-0.39, 0.29) is 24.0 Å². The molecule has 4 rings (SSSR count). The lowest BCUT2D eigenvalue weighted by atomic mass is 10.1. The van der Waals surface area contributed by atoms with Gasteiger partial charge < -0.3 is 9.80 Å². The number of hydrogen-bond donors (Lipinski definition) is 0. The molecule has 2 heterocycles. The number of carbonyl (C=O) groups excluding carboxylic acids is 1. The van der Waals surface area contributed by atoms with Gasteiger partial charge in [0.05, 0.1) is 17.6 Å². The maximum Gasteiger partial charge on any atom is 0.416 e. The molecule has 0 radical (unpaired) electrons. The van der Waals surface area contributed by atoms with Gasteiger partial charge >= 0.3 is 6.18 Å². The van der Waals surface area contributed by atoms with Crippen LogP contribution in [0.4, 0.5) is 18.9 Å². The minimum absolute atomic E-state index is 0.00516. The van der Waals surface area contributed by atoms with Crippen molar-refractivity contribution in [2.75, 3.05) is 31.1 Å². The van der Waals surface area contributed by atoms with Crippen LogP contribution >= 0.6 is 23.2 Å². The summed E-state index contributed by atoms with van der Waals surface area (Å²) in [5.74, 6) is -0.128. The first-order valence-electron chi connectivity index (χ1n) is 8.63. The zero-order valence-corrected chi connectivity index (χ0v) is 15.8. The smallest absolute Gasteiger partial charge is 0.362 e. The third-order valence-electron chi connectivity index (χ3n) is 5.62. The number of fused-ring (bicyclic) bond motifs is 3. The fourth-order valence-corrected chi connectivity index (χ4v) is 5.09. The van der Waals surface area contributed by atoms with Crippen molar-refractivity contribution in [2.24, 2.45) is 0 Å². The predicted molar refractivity (Wildman–Crippen MR) is 98.1 cm³/mol. The fraction of sp³-hybridized carbons (Fsp3) is 0.500. The molecule has 0 aromatic heterocycles. The van der Waals surface area contributed by atoms with Crippen LogP contribution in [0.1, 0.15) is 5.56 Å². The molecule has 1 amide bonds. The molecule has 4 nitrogen and oxygen atoms in total. The average molecular weight is 420 g/mol. The number of hydrogen-bond acceptors (Lipinski definition) is 3. The number of piperazine rings is 2. The van der Waals surface area contributed by atoms with E-state index >= 15 is 0 Å². The summed E-state index contributed by atoms with van der Waals surface area (Å²) in [5.41, 5.74) is -0.0475. The standard InChI is InChI=1S/C18H18Cl2F3N3O/c1-2-14(27)24-7-8-25-13(9-24)10-26(16-15(25)17(16,19)20)12-5-3-11(4-6-12)18(21,22)23/h2-6,13,15-16H,1,7-10H2. The molecule has 1 aromatic carbocycles. The van der Waals surface area contributed by atoms with Gasteiger partial charge in [-0.2, -0.15) is 13.2 Å². The Morgan fingerprint density at radius 1 is 1.15 bits per heavy atom. The van der Waals surface area contributed by atoms with Crippen LogP contribution in [0.25, 0.3) is 0 Å². The van der Waals surface area contributed by atoms with Crippen LogP contribution in [0.5, 0.6) is 0 Å². The lowest BCUT2D eigenvalue weighted by Gasteiger charge is -2.47. The quantitative estimate of drug-likeness (QED) is 0.544. The van der Waals surface area contributed by atoms with Gasteiger partial charge in [-0.1, -0.05) is 29.8 Å². The monoisotopic (exact) mass is 419 g/mol. The van der Waals surface area contributed by atoms with E-state index in [1.54, 1.807) is 4.90 Å². The second-order valence-corrected chi connectivity index (χ2v) is 8.59. The molecule has 1 saturated carbocycles. The van der Waals surface area contributed by atoms with Crippen molar-refractivity contribution in [2.45, 2.75) is 28.6 Å². The van der Waals surface area contributed by atoms with E-state index in [1.165, 1.54) is 18.2 Å². The van der Waals surface area contributed by atoms with Crippen LogP contribution in [0.3, 0.4) is 0 Å². The Hall–Kier alpha value is -1.44. The molecule has 2 aliphatic heterocycles. The molecular formula is C18H18Cl2F3N3O. The highest BCUT2D eigenvalue weighted by Gasteiger charge is 2.72. The molecule has 3 fully saturated rings. The third kappa shape index (κ3) is 3.09. The highest BCUT2D eigenvalue weighted by molar-refractivity contribution is 6.52. The molecule has 3 aliphatic rings. The Bertz CT molecular complexity index is 768. The summed E-state index contributed by atoms with van der Waals surface area (Å²) in [7, 11) is 0. The van der Waals surface area contributed by atoms with Crippen LogP contribution < -0.4 is 4.90 Å². The third-order valence-corrected chi connectivity index (χ3v) is 6.51. The number of anilines is 1. The maximum atomic E-state index is 12.8. The molecule has 0 N–H and O–H groups in total. The molecule has 3 atom stereocenters. The van der Waals surface area contributed by atoms with Gasteiger partial charge in [0.2, 0.25) is 5.91 Å². The van der Waals surface area contributed by atoms with E-state index in [4.69, 9.17) is 23.2 Å². The van der Waals surface area contributed by atoms with Gasteiger partial charge in [0.15, 0.2) is 4.33 Å². The van der Waals surface area contributed by atoms with Crippen molar-refractivity contribution < 1.29 is 18.0 Å². The van der Waals surface area contributed by atoms with Gasteiger partial charge in [0, 0.05) is 37.9 Å². The molecule has 146 valence electrons. The molecular weight excluding hydrogens is 402 g/mol. The van der Waals surface area contributed by atoms with Gasteiger partial charge in [-0.25, -0.2) is 0 Å². The van der Waals surface area contributed by atoms with Crippen molar-refractivity contribution in [1.29, 1.82) is 0 Å². The van der Waals surface area contributed by atoms with Crippen LogP contribution in [-0.4, -0.2) is 64.3 Å². The molecule has 27 heavy (non-hydrogen) atoms. The summed E-state index contributed by atoms with van der Waals surface area (Å²) in [6.45, 7) is 5.81. The van der Waals surface area contributed by atoms with Crippen molar-refractivity contribution in [3.05, 3.63) is 42.5 Å². The first kappa shape index (κ1) is 18.9. The van der Waals surface area contributed by atoms with Gasteiger partial charge in [0.25, 0.3) is 0 Å². The van der Waals surface area contributed by atoms with Crippen molar-refractivity contribution in [3.8, 4) is 0 Å². The van der Waals surface area contributed by atoms with Gasteiger partial charge in [-0.3, -0.25) is 9.69 Å². The van der Waals surface area contributed by atoms with Gasteiger partial charge in [-0.05, 0) is 30.3 Å². The van der Waals surface area contributed by atoms with Crippen molar-refractivity contribution >= 4 is 34.8 Å². The van der Waals surface area contributed by atoms with Crippen LogP contribution in [0.15, 0.2) is 36.9 Å². The Morgan fingerprint density at radius 2 is 1.81 bits per heavy atom. The lowest BCUT2D eigenvalue weighted by molar-refractivity contribution is -0.137. The van der Waals surface area contributed by atoms with Gasteiger partial charge in [-0.15, -0.1) is 0 Å². The number of nitrogens with zero attached hydrogens (tertiary/aromatic N) is 3. The minimum Gasteiger partial charge on any atom is -0.362 e.